The molecular formula is C20H23N3O5. The molecule has 0 aliphatic rings. The van der Waals surface area contributed by atoms with Crippen molar-refractivity contribution in [2.45, 2.75) is 13.3 Å². The van der Waals surface area contributed by atoms with Gasteiger partial charge in [-0.05, 0) is 42.8 Å². The lowest BCUT2D eigenvalue weighted by atomic mass is 10.2. The summed E-state index contributed by atoms with van der Waals surface area (Å²) in [6.45, 7) is 2.38. The van der Waals surface area contributed by atoms with Crippen LogP contribution in [0.15, 0.2) is 47.6 Å². The van der Waals surface area contributed by atoms with Gasteiger partial charge in [-0.25, -0.2) is 5.43 Å². The fourth-order valence-electron chi connectivity index (χ4n) is 2.21. The van der Waals surface area contributed by atoms with Crippen LogP contribution in [0.2, 0.25) is 0 Å². The molecule has 2 aromatic rings. The number of hydrazone groups is 1. The van der Waals surface area contributed by atoms with E-state index in [2.05, 4.69) is 15.8 Å². The third kappa shape index (κ3) is 6.01. The summed E-state index contributed by atoms with van der Waals surface area (Å²) in [5.41, 5.74) is 3.08. The van der Waals surface area contributed by atoms with Gasteiger partial charge in [0, 0.05) is 11.1 Å². The number of aromatic hydroxyl groups is 1. The Morgan fingerprint density at radius 1 is 1.18 bits per heavy atom. The molecule has 2 aromatic carbocycles. The number of hydrogen-bond acceptors (Lipinski definition) is 6. The number of carbonyl (C=O) groups is 2. The maximum atomic E-state index is 12.1. The standard InChI is InChI=1S/C20H23N3O5/c1-3-11-28-16-9-7-14(8-10-16)20(26)21-13-18(24)23-22-12-15-5-4-6-17(27-2)19(15)25/h4-10,12,25H,3,11,13H2,1-2H3,(H,21,26)(H,23,24). The molecule has 0 bridgehead atoms. The third-order valence-electron chi connectivity index (χ3n) is 3.64. The monoisotopic (exact) mass is 385 g/mol. The Morgan fingerprint density at radius 2 is 1.93 bits per heavy atom. The van der Waals surface area contributed by atoms with Gasteiger partial charge < -0.3 is 19.9 Å². The van der Waals surface area contributed by atoms with Crippen LogP contribution in [-0.4, -0.2) is 43.4 Å². The van der Waals surface area contributed by atoms with E-state index in [9.17, 15) is 14.7 Å². The number of rotatable bonds is 9. The number of hydrogen-bond donors (Lipinski definition) is 3. The molecular weight excluding hydrogens is 362 g/mol. The number of nitrogens with zero attached hydrogens (tertiary/aromatic N) is 1. The minimum Gasteiger partial charge on any atom is -0.504 e. The van der Waals surface area contributed by atoms with Crippen molar-refractivity contribution >= 4 is 18.0 Å². The smallest absolute Gasteiger partial charge is 0.259 e. The van der Waals surface area contributed by atoms with E-state index in [1.807, 2.05) is 6.92 Å². The summed E-state index contributed by atoms with van der Waals surface area (Å²) in [5, 5.41) is 16.2. The lowest BCUT2D eigenvalue weighted by molar-refractivity contribution is -0.120. The van der Waals surface area contributed by atoms with Gasteiger partial charge in [0.15, 0.2) is 11.5 Å². The van der Waals surface area contributed by atoms with Crippen LogP contribution in [-0.2, 0) is 4.79 Å². The van der Waals surface area contributed by atoms with E-state index < -0.39 is 5.91 Å². The molecule has 0 aromatic heterocycles. The van der Waals surface area contributed by atoms with Gasteiger partial charge in [-0.15, -0.1) is 0 Å². The summed E-state index contributed by atoms with van der Waals surface area (Å²) >= 11 is 0. The Morgan fingerprint density at radius 3 is 2.61 bits per heavy atom. The van der Waals surface area contributed by atoms with Crippen LogP contribution in [0.5, 0.6) is 17.2 Å². The van der Waals surface area contributed by atoms with Crippen molar-refractivity contribution in [1.82, 2.24) is 10.7 Å². The SMILES string of the molecule is CCCOc1ccc(C(=O)NCC(=O)NN=Cc2cccc(OC)c2O)cc1. The van der Waals surface area contributed by atoms with E-state index in [0.29, 0.717) is 29.2 Å². The molecule has 2 rings (SSSR count). The molecule has 0 aliphatic carbocycles. The molecule has 0 spiro atoms. The van der Waals surface area contributed by atoms with Crippen molar-refractivity contribution in [3.63, 3.8) is 0 Å². The van der Waals surface area contributed by atoms with Crippen LogP contribution < -0.4 is 20.2 Å². The van der Waals surface area contributed by atoms with Crippen molar-refractivity contribution in [2.24, 2.45) is 5.10 Å². The highest BCUT2D eigenvalue weighted by Gasteiger charge is 2.08. The van der Waals surface area contributed by atoms with E-state index in [1.165, 1.54) is 13.3 Å². The number of carbonyl (C=O) groups excluding carboxylic acids is 2. The van der Waals surface area contributed by atoms with Crippen LogP contribution in [0.3, 0.4) is 0 Å². The van der Waals surface area contributed by atoms with Crippen LogP contribution >= 0.6 is 0 Å². The molecule has 0 fully saturated rings. The highest BCUT2D eigenvalue weighted by atomic mass is 16.5. The molecule has 0 heterocycles. The van der Waals surface area contributed by atoms with Gasteiger partial charge in [0.05, 0.1) is 26.5 Å². The summed E-state index contributed by atoms with van der Waals surface area (Å²) in [7, 11) is 1.44. The van der Waals surface area contributed by atoms with Crippen LogP contribution in [0, 0.1) is 0 Å². The zero-order valence-electron chi connectivity index (χ0n) is 15.8. The first-order chi connectivity index (χ1) is 13.5. The van der Waals surface area contributed by atoms with Crippen molar-refractivity contribution < 1.29 is 24.2 Å². The molecule has 0 radical (unpaired) electrons. The second-order valence-electron chi connectivity index (χ2n) is 5.75. The Labute approximate surface area is 163 Å². The van der Waals surface area contributed by atoms with Gasteiger partial charge in [0.2, 0.25) is 0 Å². The number of benzene rings is 2. The first-order valence-corrected chi connectivity index (χ1v) is 8.74. The minimum absolute atomic E-state index is 0.0809. The average Bonchev–Trinajstić information content (AvgIpc) is 2.72. The molecule has 0 unspecified atom stereocenters. The lowest BCUT2D eigenvalue weighted by Crippen LogP contribution is -2.34. The number of ether oxygens (including phenoxy) is 2. The van der Waals surface area contributed by atoms with Crippen LogP contribution in [0.4, 0.5) is 0 Å². The quantitative estimate of drug-likeness (QED) is 0.452. The Bertz CT molecular complexity index is 834. The topological polar surface area (TPSA) is 109 Å². The summed E-state index contributed by atoms with van der Waals surface area (Å²) in [6, 6.07) is 11.6. The zero-order valence-corrected chi connectivity index (χ0v) is 15.8. The fraction of sp³-hybridized carbons (Fsp3) is 0.250. The molecule has 0 atom stereocenters. The maximum absolute atomic E-state index is 12.1. The first-order valence-electron chi connectivity index (χ1n) is 8.74. The number of nitrogens with one attached hydrogen (secondary N) is 2. The zero-order chi connectivity index (χ0) is 20.4. The normalized spacial score (nSPS) is 10.5. The molecule has 3 N–H and O–H groups in total. The van der Waals surface area contributed by atoms with E-state index in [-0.39, 0.29) is 18.2 Å². The highest BCUT2D eigenvalue weighted by molar-refractivity contribution is 5.96. The minimum atomic E-state index is -0.505. The summed E-state index contributed by atoms with van der Waals surface area (Å²) in [5.74, 6) is 0.0177. The Hall–Kier alpha value is -3.55. The van der Waals surface area contributed by atoms with E-state index in [4.69, 9.17) is 9.47 Å². The van der Waals surface area contributed by atoms with Crippen molar-refractivity contribution in [3.05, 3.63) is 53.6 Å². The summed E-state index contributed by atoms with van der Waals surface area (Å²) < 4.78 is 10.4. The summed E-state index contributed by atoms with van der Waals surface area (Å²) in [4.78, 5) is 23.9. The molecule has 0 saturated carbocycles. The van der Waals surface area contributed by atoms with Crippen molar-refractivity contribution in [1.29, 1.82) is 0 Å². The highest BCUT2D eigenvalue weighted by Crippen LogP contribution is 2.27. The predicted molar refractivity (Wildman–Crippen MR) is 105 cm³/mol. The number of phenolic OH excluding ortho intramolecular Hbond substituents is 1. The van der Waals surface area contributed by atoms with Gasteiger partial charge in [-0.3, -0.25) is 9.59 Å². The number of methoxy groups -OCH3 is 1. The predicted octanol–water partition coefficient (Wildman–Crippen LogP) is 2.07. The molecule has 28 heavy (non-hydrogen) atoms. The second-order valence-corrected chi connectivity index (χ2v) is 5.75. The third-order valence-corrected chi connectivity index (χ3v) is 3.64. The molecule has 2 amide bonds. The Kier molecular flexibility index (Phi) is 7.83. The molecule has 8 nitrogen and oxygen atoms in total. The van der Waals surface area contributed by atoms with Gasteiger partial charge >= 0.3 is 0 Å². The van der Waals surface area contributed by atoms with Crippen molar-refractivity contribution in [3.8, 4) is 17.2 Å². The van der Waals surface area contributed by atoms with Gasteiger partial charge in [0.25, 0.3) is 11.8 Å². The number of amides is 2. The maximum Gasteiger partial charge on any atom is 0.259 e. The summed E-state index contributed by atoms with van der Waals surface area (Å²) in [6.07, 6.45) is 2.18. The van der Waals surface area contributed by atoms with Gasteiger partial charge in [-0.2, -0.15) is 5.10 Å². The number of para-hydroxylation sites is 1. The number of phenols is 1. The average molecular weight is 385 g/mol. The first kappa shape index (κ1) is 20.8. The molecule has 0 aliphatic heterocycles. The van der Waals surface area contributed by atoms with Crippen LogP contribution in [0.1, 0.15) is 29.3 Å². The van der Waals surface area contributed by atoms with E-state index in [1.54, 1.807) is 42.5 Å². The van der Waals surface area contributed by atoms with E-state index in [0.717, 1.165) is 6.42 Å². The molecule has 8 heteroatoms. The van der Waals surface area contributed by atoms with Gasteiger partial charge in [0.1, 0.15) is 5.75 Å². The van der Waals surface area contributed by atoms with Crippen LogP contribution in [0.25, 0.3) is 0 Å². The molecule has 148 valence electrons. The van der Waals surface area contributed by atoms with Crippen molar-refractivity contribution in [2.75, 3.05) is 20.3 Å². The Balaban J connectivity index is 1.81. The largest absolute Gasteiger partial charge is 0.504 e. The fourth-order valence-corrected chi connectivity index (χ4v) is 2.21. The second kappa shape index (κ2) is 10.6. The van der Waals surface area contributed by atoms with Gasteiger partial charge in [-0.1, -0.05) is 13.0 Å². The van der Waals surface area contributed by atoms with E-state index >= 15 is 0 Å². The lowest BCUT2D eigenvalue weighted by Gasteiger charge is -2.07. The molecule has 0 saturated heterocycles.